The monoisotopic (exact) mass is 217 g/mol. The van der Waals surface area contributed by atoms with E-state index in [9.17, 15) is 9.90 Å². The van der Waals surface area contributed by atoms with Crippen molar-refractivity contribution in [1.82, 2.24) is 4.90 Å². The van der Waals surface area contributed by atoms with E-state index in [4.69, 9.17) is 5.11 Å². The quantitative estimate of drug-likeness (QED) is 0.572. The molecule has 0 rings (SSSR count). The highest BCUT2D eigenvalue weighted by atomic mass is 16.4. The van der Waals surface area contributed by atoms with Gasteiger partial charge in [-0.1, -0.05) is 19.8 Å². The maximum atomic E-state index is 10.3. The summed E-state index contributed by atoms with van der Waals surface area (Å²) >= 11 is 0. The smallest absolute Gasteiger partial charge is 0.303 e. The summed E-state index contributed by atoms with van der Waals surface area (Å²) in [4.78, 5) is 12.3. The number of unbranched alkanes of at least 4 members (excludes halogenated alkanes) is 2. The van der Waals surface area contributed by atoms with Gasteiger partial charge < -0.3 is 15.1 Å². The molecule has 0 saturated heterocycles. The first-order valence-corrected chi connectivity index (χ1v) is 5.64. The van der Waals surface area contributed by atoms with Gasteiger partial charge in [0.25, 0.3) is 0 Å². The Balaban J connectivity index is 3.48. The van der Waals surface area contributed by atoms with Crippen molar-refractivity contribution in [2.24, 2.45) is 0 Å². The summed E-state index contributed by atoms with van der Waals surface area (Å²) < 4.78 is 0. The van der Waals surface area contributed by atoms with Gasteiger partial charge in [0.2, 0.25) is 0 Å². The average Bonchev–Trinajstić information content (AvgIpc) is 2.15. The Morgan fingerprint density at radius 1 is 1.40 bits per heavy atom. The molecular formula is C11H23NO3. The first-order chi connectivity index (χ1) is 7.06. The van der Waals surface area contributed by atoms with Crippen LogP contribution in [-0.4, -0.2) is 47.3 Å². The van der Waals surface area contributed by atoms with Crippen LogP contribution in [0.5, 0.6) is 0 Å². The Labute approximate surface area is 91.9 Å². The number of carboxylic acid groups (broad SMARTS) is 1. The molecule has 0 aliphatic heterocycles. The molecule has 0 aromatic heterocycles. The van der Waals surface area contributed by atoms with E-state index in [0.29, 0.717) is 13.0 Å². The number of nitrogens with zero attached hydrogens (tertiary/aromatic N) is 1. The molecule has 1 atom stereocenters. The first kappa shape index (κ1) is 14.4. The van der Waals surface area contributed by atoms with Crippen molar-refractivity contribution >= 4 is 5.97 Å². The van der Waals surface area contributed by atoms with Crippen LogP contribution >= 0.6 is 0 Å². The fraction of sp³-hybridized carbons (Fsp3) is 0.909. The van der Waals surface area contributed by atoms with Crippen molar-refractivity contribution in [1.29, 1.82) is 0 Å². The average molecular weight is 217 g/mol. The van der Waals surface area contributed by atoms with Gasteiger partial charge in [0.05, 0.1) is 6.10 Å². The lowest BCUT2D eigenvalue weighted by atomic mass is 10.2. The summed E-state index contributed by atoms with van der Waals surface area (Å²) in [6.07, 6.45) is 3.40. The second kappa shape index (κ2) is 8.68. The van der Waals surface area contributed by atoms with Crippen LogP contribution in [0, 0.1) is 0 Å². The van der Waals surface area contributed by atoms with Gasteiger partial charge in [-0.05, 0) is 26.4 Å². The lowest BCUT2D eigenvalue weighted by Crippen LogP contribution is -2.30. The lowest BCUT2D eigenvalue weighted by Gasteiger charge is -2.19. The van der Waals surface area contributed by atoms with E-state index in [2.05, 4.69) is 11.8 Å². The van der Waals surface area contributed by atoms with Crippen LogP contribution in [0.15, 0.2) is 0 Å². The molecule has 0 aromatic carbocycles. The Kier molecular flexibility index (Phi) is 8.33. The van der Waals surface area contributed by atoms with Crippen LogP contribution in [0.4, 0.5) is 0 Å². The zero-order chi connectivity index (χ0) is 11.7. The highest BCUT2D eigenvalue weighted by Gasteiger charge is 2.09. The van der Waals surface area contributed by atoms with Crippen LogP contribution in [0.25, 0.3) is 0 Å². The molecule has 0 saturated carbocycles. The summed E-state index contributed by atoms with van der Waals surface area (Å²) in [5.74, 6) is -0.845. The maximum absolute atomic E-state index is 10.3. The molecule has 0 fully saturated rings. The minimum atomic E-state index is -0.845. The van der Waals surface area contributed by atoms with Gasteiger partial charge in [0.1, 0.15) is 0 Å². The second-order valence-corrected chi connectivity index (χ2v) is 4.06. The molecule has 0 heterocycles. The van der Waals surface area contributed by atoms with Crippen molar-refractivity contribution in [3.8, 4) is 0 Å². The molecule has 15 heavy (non-hydrogen) atoms. The molecule has 0 aliphatic rings. The molecule has 0 radical (unpaired) electrons. The number of carbonyl (C=O) groups is 1. The molecule has 1 unspecified atom stereocenters. The molecule has 2 N–H and O–H groups in total. The maximum Gasteiger partial charge on any atom is 0.303 e. The number of likely N-dealkylation sites (N-methyl/N-ethyl adjacent to an activating group) is 1. The number of aliphatic hydroxyl groups excluding tert-OH is 1. The number of aliphatic carboxylic acids is 1. The number of aliphatic hydroxyl groups is 1. The molecule has 90 valence electrons. The highest BCUT2D eigenvalue weighted by Crippen LogP contribution is 2.01. The predicted molar refractivity (Wildman–Crippen MR) is 59.9 cm³/mol. The minimum Gasteiger partial charge on any atom is -0.481 e. The molecule has 0 bridgehead atoms. The topological polar surface area (TPSA) is 60.8 Å². The first-order valence-electron chi connectivity index (χ1n) is 5.64. The van der Waals surface area contributed by atoms with Crippen LogP contribution in [0.3, 0.4) is 0 Å². The largest absolute Gasteiger partial charge is 0.481 e. The summed E-state index contributed by atoms with van der Waals surface area (Å²) in [5, 5.41) is 18.0. The van der Waals surface area contributed by atoms with Gasteiger partial charge in [0, 0.05) is 13.0 Å². The molecule has 0 amide bonds. The molecule has 0 spiro atoms. The summed E-state index contributed by atoms with van der Waals surface area (Å²) in [5.41, 5.74) is 0. The van der Waals surface area contributed by atoms with Gasteiger partial charge in [-0.2, -0.15) is 0 Å². The van der Waals surface area contributed by atoms with Crippen molar-refractivity contribution in [2.75, 3.05) is 20.1 Å². The fourth-order valence-corrected chi connectivity index (χ4v) is 1.46. The van der Waals surface area contributed by atoms with E-state index in [-0.39, 0.29) is 6.42 Å². The molecule has 0 aromatic rings. The van der Waals surface area contributed by atoms with Crippen LogP contribution in [-0.2, 0) is 4.79 Å². The predicted octanol–water partition coefficient (Wildman–Crippen LogP) is 1.33. The lowest BCUT2D eigenvalue weighted by molar-refractivity contribution is -0.137. The molecule has 4 heteroatoms. The van der Waals surface area contributed by atoms with E-state index in [1.165, 1.54) is 12.8 Å². The Morgan fingerprint density at radius 3 is 2.60 bits per heavy atom. The van der Waals surface area contributed by atoms with Crippen LogP contribution < -0.4 is 0 Å². The van der Waals surface area contributed by atoms with Crippen LogP contribution in [0.2, 0.25) is 0 Å². The van der Waals surface area contributed by atoms with Gasteiger partial charge in [-0.3, -0.25) is 4.79 Å². The van der Waals surface area contributed by atoms with E-state index >= 15 is 0 Å². The normalized spacial score (nSPS) is 13.1. The third-order valence-electron chi connectivity index (χ3n) is 2.36. The van der Waals surface area contributed by atoms with Crippen molar-refractivity contribution in [3.63, 3.8) is 0 Å². The van der Waals surface area contributed by atoms with Gasteiger partial charge in [-0.25, -0.2) is 0 Å². The zero-order valence-corrected chi connectivity index (χ0v) is 9.78. The van der Waals surface area contributed by atoms with Crippen molar-refractivity contribution < 1.29 is 15.0 Å². The van der Waals surface area contributed by atoms with Gasteiger partial charge in [-0.15, -0.1) is 0 Å². The number of rotatable bonds is 9. The van der Waals surface area contributed by atoms with Crippen LogP contribution in [0.1, 0.15) is 39.0 Å². The van der Waals surface area contributed by atoms with Gasteiger partial charge in [0.15, 0.2) is 0 Å². The molecular weight excluding hydrogens is 194 g/mol. The SMILES string of the molecule is CCCCCN(C)CC(O)CCC(=O)O. The van der Waals surface area contributed by atoms with Crippen molar-refractivity contribution in [3.05, 3.63) is 0 Å². The number of carboxylic acids is 1. The van der Waals surface area contributed by atoms with Crippen molar-refractivity contribution in [2.45, 2.75) is 45.1 Å². The zero-order valence-electron chi connectivity index (χ0n) is 9.78. The van der Waals surface area contributed by atoms with E-state index in [1.807, 2.05) is 7.05 Å². The third kappa shape index (κ3) is 9.69. The Morgan fingerprint density at radius 2 is 2.07 bits per heavy atom. The minimum absolute atomic E-state index is 0.0456. The second-order valence-electron chi connectivity index (χ2n) is 4.06. The standard InChI is InChI=1S/C11H23NO3/c1-3-4-5-8-12(2)9-10(13)6-7-11(14)15/h10,13H,3-9H2,1-2H3,(H,14,15). The van der Waals surface area contributed by atoms with E-state index in [1.54, 1.807) is 0 Å². The highest BCUT2D eigenvalue weighted by molar-refractivity contribution is 5.66. The third-order valence-corrected chi connectivity index (χ3v) is 2.36. The molecule has 4 nitrogen and oxygen atoms in total. The summed E-state index contributed by atoms with van der Waals surface area (Å²) in [7, 11) is 1.96. The number of hydrogen-bond acceptors (Lipinski definition) is 3. The van der Waals surface area contributed by atoms with E-state index < -0.39 is 12.1 Å². The fourth-order valence-electron chi connectivity index (χ4n) is 1.46. The summed E-state index contributed by atoms with van der Waals surface area (Å²) in [6, 6.07) is 0. The number of hydrogen-bond donors (Lipinski definition) is 2. The Bertz CT molecular complexity index is 173. The Hall–Kier alpha value is -0.610. The summed E-state index contributed by atoms with van der Waals surface area (Å²) in [6.45, 7) is 3.69. The van der Waals surface area contributed by atoms with Gasteiger partial charge >= 0.3 is 5.97 Å². The van der Waals surface area contributed by atoms with E-state index in [0.717, 1.165) is 13.0 Å². The molecule has 0 aliphatic carbocycles.